The summed E-state index contributed by atoms with van der Waals surface area (Å²) in [5, 5.41) is 0.417. The molecule has 0 aliphatic heterocycles. The molecule has 5 nitrogen and oxygen atoms in total. The number of rotatable bonds is 6. The summed E-state index contributed by atoms with van der Waals surface area (Å²) in [6.45, 7) is 6.43. The Labute approximate surface area is 183 Å². The van der Waals surface area contributed by atoms with E-state index < -0.39 is 0 Å². The van der Waals surface area contributed by atoms with Gasteiger partial charge in [-0.1, -0.05) is 50.2 Å². The molecule has 1 atom stereocenters. The summed E-state index contributed by atoms with van der Waals surface area (Å²) in [5.74, 6) is 0.663. The van der Waals surface area contributed by atoms with Gasteiger partial charge in [0.2, 0.25) is 0 Å². The van der Waals surface area contributed by atoms with Crippen LogP contribution in [0.2, 0.25) is 0 Å². The van der Waals surface area contributed by atoms with E-state index in [9.17, 15) is 9.59 Å². The van der Waals surface area contributed by atoms with Crippen LogP contribution in [0.1, 0.15) is 36.2 Å². The van der Waals surface area contributed by atoms with E-state index in [0.717, 1.165) is 5.56 Å². The van der Waals surface area contributed by atoms with Gasteiger partial charge in [0.05, 0.1) is 10.9 Å². The van der Waals surface area contributed by atoms with Crippen LogP contribution in [0.3, 0.4) is 0 Å². The molecule has 160 valence electrons. The number of hydrogen-bond acceptors (Lipinski definition) is 4. The maximum atomic E-state index is 13.1. The van der Waals surface area contributed by atoms with E-state index in [1.54, 1.807) is 37.1 Å². The first-order valence-corrected chi connectivity index (χ1v) is 9.94. The monoisotopic (exact) mass is 428 g/mol. The van der Waals surface area contributed by atoms with Crippen molar-refractivity contribution in [1.29, 1.82) is 0 Å². The average Bonchev–Trinajstić information content (AvgIpc) is 2.73. The summed E-state index contributed by atoms with van der Waals surface area (Å²) in [6.07, 6.45) is 0.711. The number of amides is 1. The van der Waals surface area contributed by atoms with Crippen LogP contribution in [0, 0.1) is 12.8 Å². The van der Waals surface area contributed by atoms with Crippen LogP contribution in [0.25, 0.3) is 22.3 Å². The molecule has 0 bridgehead atoms. The van der Waals surface area contributed by atoms with Crippen LogP contribution in [0.5, 0.6) is 0 Å². The van der Waals surface area contributed by atoms with Gasteiger partial charge in [0.1, 0.15) is 5.76 Å². The maximum Gasteiger partial charge on any atom is 0.257 e. The van der Waals surface area contributed by atoms with Crippen molar-refractivity contribution in [2.75, 3.05) is 13.6 Å². The van der Waals surface area contributed by atoms with Crippen LogP contribution >= 0.6 is 12.4 Å². The fourth-order valence-electron chi connectivity index (χ4n) is 3.33. The Balaban J connectivity index is 0.00000320. The number of hydrogen-bond donors (Lipinski definition) is 1. The lowest BCUT2D eigenvalue weighted by molar-refractivity contribution is 0.0790. The van der Waals surface area contributed by atoms with Gasteiger partial charge in [-0.3, -0.25) is 9.59 Å². The lowest BCUT2D eigenvalue weighted by atomic mass is 10.0. The average molecular weight is 429 g/mol. The summed E-state index contributed by atoms with van der Waals surface area (Å²) >= 11 is 0. The fourth-order valence-corrected chi connectivity index (χ4v) is 3.33. The highest BCUT2D eigenvalue weighted by Gasteiger charge is 2.21. The van der Waals surface area contributed by atoms with Gasteiger partial charge in [-0.2, -0.15) is 0 Å². The minimum atomic E-state index is -0.183. The van der Waals surface area contributed by atoms with E-state index >= 15 is 0 Å². The summed E-state index contributed by atoms with van der Waals surface area (Å²) in [4.78, 5) is 27.7. The van der Waals surface area contributed by atoms with Gasteiger partial charge in [0.15, 0.2) is 11.0 Å². The Bertz CT molecular complexity index is 1080. The van der Waals surface area contributed by atoms with E-state index in [2.05, 4.69) is 13.8 Å². The molecule has 0 spiro atoms. The number of nitrogens with zero attached hydrogens (tertiary/aromatic N) is 1. The molecule has 1 aromatic heterocycles. The van der Waals surface area contributed by atoms with Gasteiger partial charge in [-0.15, -0.1) is 12.4 Å². The number of fused-ring (bicyclic) bond motifs is 1. The zero-order chi connectivity index (χ0) is 21.1. The summed E-state index contributed by atoms with van der Waals surface area (Å²) in [7, 11) is 1.75. The highest BCUT2D eigenvalue weighted by Crippen LogP contribution is 2.27. The molecule has 0 aliphatic carbocycles. The van der Waals surface area contributed by atoms with Crippen LogP contribution in [0.15, 0.2) is 57.7 Å². The molecule has 0 aliphatic rings. The van der Waals surface area contributed by atoms with Crippen molar-refractivity contribution in [3.05, 3.63) is 69.9 Å². The van der Waals surface area contributed by atoms with E-state index in [1.165, 1.54) is 0 Å². The topological polar surface area (TPSA) is 76.5 Å². The lowest BCUT2D eigenvalue weighted by Crippen LogP contribution is -2.34. The van der Waals surface area contributed by atoms with Crippen molar-refractivity contribution in [3.63, 3.8) is 0 Å². The minimum absolute atomic E-state index is 0. The summed E-state index contributed by atoms with van der Waals surface area (Å²) < 4.78 is 6.15. The van der Waals surface area contributed by atoms with Crippen molar-refractivity contribution >= 4 is 29.3 Å². The van der Waals surface area contributed by atoms with E-state index in [0.29, 0.717) is 46.7 Å². The molecule has 1 amide bonds. The molecule has 0 fully saturated rings. The Morgan fingerprint density at radius 2 is 1.77 bits per heavy atom. The molecular formula is C24H29ClN2O3. The Morgan fingerprint density at radius 1 is 1.10 bits per heavy atom. The van der Waals surface area contributed by atoms with E-state index in [1.807, 2.05) is 30.3 Å². The number of para-hydroxylation sites is 1. The molecule has 0 radical (unpaired) electrons. The third-order valence-electron chi connectivity index (χ3n) is 5.41. The lowest BCUT2D eigenvalue weighted by Gasteiger charge is -2.22. The number of nitrogens with two attached hydrogens (primary N) is 1. The van der Waals surface area contributed by atoms with Crippen molar-refractivity contribution in [2.45, 2.75) is 33.2 Å². The normalized spacial score (nSPS) is 11.9. The fraction of sp³-hybridized carbons (Fsp3) is 0.333. The van der Waals surface area contributed by atoms with E-state index in [-0.39, 0.29) is 29.8 Å². The van der Waals surface area contributed by atoms with E-state index in [4.69, 9.17) is 10.2 Å². The third-order valence-corrected chi connectivity index (χ3v) is 5.41. The molecule has 0 saturated heterocycles. The SMILES string of the molecule is Cc1c(-c2ccccc2)oc2c(C(=O)N(C)CCC(N)C(C)C)cccc2c1=O.Cl. The third kappa shape index (κ3) is 4.74. The Morgan fingerprint density at radius 3 is 2.40 bits per heavy atom. The van der Waals surface area contributed by atoms with Crippen LogP contribution in [0.4, 0.5) is 0 Å². The van der Waals surface area contributed by atoms with Crippen LogP contribution in [-0.4, -0.2) is 30.4 Å². The number of benzene rings is 2. The predicted molar refractivity (Wildman–Crippen MR) is 124 cm³/mol. The van der Waals surface area contributed by atoms with Gasteiger partial charge >= 0.3 is 0 Å². The first kappa shape index (κ1) is 23.6. The van der Waals surface area contributed by atoms with Crippen molar-refractivity contribution in [2.24, 2.45) is 11.7 Å². The summed E-state index contributed by atoms with van der Waals surface area (Å²) in [5.41, 5.74) is 8.05. The molecule has 2 N–H and O–H groups in total. The highest BCUT2D eigenvalue weighted by atomic mass is 35.5. The van der Waals surface area contributed by atoms with Gasteiger partial charge in [0, 0.05) is 30.8 Å². The smallest absolute Gasteiger partial charge is 0.257 e. The largest absolute Gasteiger partial charge is 0.455 e. The first-order valence-electron chi connectivity index (χ1n) is 9.94. The van der Waals surface area contributed by atoms with Crippen molar-refractivity contribution in [1.82, 2.24) is 4.90 Å². The molecule has 3 rings (SSSR count). The molecule has 6 heteroatoms. The quantitative estimate of drug-likeness (QED) is 0.620. The summed E-state index contributed by atoms with van der Waals surface area (Å²) in [6, 6.07) is 14.6. The zero-order valence-electron chi connectivity index (χ0n) is 17.8. The van der Waals surface area contributed by atoms with Crippen LogP contribution in [-0.2, 0) is 0 Å². The van der Waals surface area contributed by atoms with Gasteiger partial charge in [-0.05, 0) is 31.4 Å². The molecule has 2 aromatic carbocycles. The zero-order valence-corrected chi connectivity index (χ0v) is 18.7. The second-order valence-electron chi connectivity index (χ2n) is 7.86. The Kier molecular flexibility index (Phi) is 7.82. The number of carbonyl (C=O) groups excluding carboxylic acids is 1. The van der Waals surface area contributed by atoms with Gasteiger partial charge in [-0.25, -0.2) is 0 Å². The second-order valence-corrected chi connectivity index (χ2v) is 7.86. The van der Waals surface area contributed by atoms with Gasteiger partial charge < -0.3 is 15.1 Å². The maximum absolute atomic E-state index is 13.1. The van der Waals surface area contributed by atoms with Crippen molar-refractivity contribution in [3.8, 4) is 11.3 Å². The van der Waals surface area contributed by atoms with Crippen LogP contribution < -0.4 is 11.2 Å². The predicted octanol–water partition coefficient (Wildman–Crippen LogP) is 4.64. The Hall–Kier alpha value is -2.63. The molecule has 3 aromatic rings. The molecular weight excluding hydrogens is 400 g/mol. The standard InChI is InChI=1S/C24H28N2O3.ClH/c1-15(2)20(25)13-14-26(4)24(28)19-12-8-11-18-21(27)16(3)22(29-23(18)19)17-9-6-5-7-10-17;/h5-12,15,20H,13-14,25H2,1-4H3;1H. The number of carbonyl (C=O) groups is 1. The molecule has 1 heterocycles. The van der Waals surface area contributed by atoms with Crippen molar-refractivity contribution < 1.29 is 9.21 Å². The highest BCUT2D eigenvalue weighted by molar-refractivity contribution is 6.05. The van der Waals surface area contributed by atoms with Gasteiger partial charge in [0.25, 0.3) is 5.91 Å². The first-order chi connectivity index (χ1) is 13.8. The molecule has 0 saturated carbocycles. The minimum Gasteiger partial charge on any atom is -0.455 e. The second kappa shape index (κ2) is 9.92. The molecule has 1 unspecified atom stereocenters. The molecule has 30 heavy (non-hydrogen) atoms. The number of halogens is 1.